The second kappa shape index (κ2) is 13.9. The Balaban J connectivity index is 1.62. The first-order chi connectivity index (χ1) is 20.2. The van der Waals surface area contributed by atoms with Crippen molar-refractivity contribution in [3.05, 3.63) is 60.2 Å². The summed E-state index contributed by atoms with van der Waals surface area (Å²) in [6.07, 6.45) is 8.27. The highest BCUT2D eigenvalue weighted by atomic mass is 16.7. The average molecular weight is 580 g/mol. The fourth-order valence-electron chi connectivity index (χ4n) is 6.17. The van der Waals surface area contributed by atoms with Crippen molar-refractivity contribution in [2.24, 2.45) is 11.7 Å². The van der Waals surface area contributed by atoms with Gasteiger partial charge in [0.25, 0.3) is 5.91 Å². The molecule has 0 unspecified atom stereocenters. The third-order valence-electron chi connectivity index (χ3n) is 8.07. The molecule has 12 nitrogen and oxygen atoms in total. The molecule has 2 aromatic rings. The maximum atomic E-state index is 14.0. The molecule has 2 amide bonds. The molecule has 0 spiro atoms. The van der Waals surface area contributed by atoms with Gasteiger partial charge < -0.3 is 30.1 Å². The molecule has 3 heterocycles. The Labute approximate surface area is 246 Å². The lowest BCUT2D eigenvalue weighted by Gasteiger charge is -2.48. The van der Waals surface area contributed by atoms with Gasteiger partial charge in [0, 0.05) is 25.4 Å². The zero-order chi connectivity index (χ0) is 30.2. The first-order valence-electron chi connectivity index (χ1n) is 14.7. The Hall–Kier alpha value is -3.84. The molecule has 2 aliphatic heterocycles. The molecule has 2 fully saturated rings. The van der Waals surface area contributed by atoms with Crippen molar-refractivity contribution >= 4 is 30.4 Å². The van der Waals surface area contributed by atoms with Crippen LogP contribution in [0.25, 0.3) is 0 Å². The molecular formula is C29H41BN6O6. The quantitative estimate of drug-likeness (QED) is 0.208. The Morgan fingerprint density at radius 2 is 1.69 bits per heavy atom. The van der Waals surface area contributed by atoms with Crippen LogP contribution in [-0.4, -0.2) is 83.0 Å². The molecule has 1 aromatic carbocycles. The van der Waals surface area contributed by atoms with E-state index in [1.165, 1.54) is 18.6 Å². The molecule has 2 aliphatic rings. The summed E-state index contributed by atoms with van der Waals surface area (Å²) < 4.78 is 11.9. The third kappa shape index (κ3) is 7.14. The van der Waals surface area contributed by atoms with E-state index < -0.39 is 42.4 Å². The highest BCUT2D eigenvalue weighted by molar-refractivity contribution is 6.68. The number of rotatable bonds is 15. The van der Waals surface area contributed by atoms with Crippen LogP contribution in [-0.2, 0) is 30.1 Å². The number of aromatic nitrogens is 2. The zero-order valence-electron chi connectivity index (χ0n) is 24.4. The maximum Gasteiger partial charge on any atom is 0.605 e. The Kier molecular flexibility index (Phi) is 10.3. The number of carbonyl (C=O) groups is 4. The molecule has 2 atom stereocenters. The predicted octanol–water partition coefficient (Wildman–Crippen LogP) is 1.28. The summed E-state index contributed by atoms with van der Waals surface area (Å²) in [6.45, 7) is 2.50. The SMILES string of the molecule is CC(C)C[C@H](NC(=O)[C@H](Cc1ccccc1)NC(=O)c1cnccn1)[B-]12OC(=O)C[N+]1(CCCCCCN)CC(=O)O2. The van der Waals surface area contributed by atoms with E-state index in [1.54, 1.807) is 0 Å². The van der Waals surface area contributed by atoms with Gasteiger partial charge in [0.1, 0.15) is 24.8 Å². The summed E-state index contributed by atoms with van der Waals surface area (Å²) in [5.74, 6) is -2.66. The number of nitrogens with two attached hydrogens (primary N) is 1. The Morgan fingerprint density at radius 3 is 2.31 bits per heavy atom. The molecule has 0 radical (unpaired) electrons. The minimum atomic E-state index is -2.59. The second-order valence-electron chi connectivity index (χ2n) is 11.7. The van der Waals surface area contributed by atoms with E-state index >= 15 is 0 Å². The fourth-order valence-corrected chi connectivity index (χ4v) is 6.17. The van der Waals surface area contributed by atoms with Gasteiger partial charge in [-0.2, -0.15) is 0 Å². The van der Waals surface area contributed by atoms with Gasteiger partial charge in [-0.15, -0.1) is 0 Å². The first kappa shape index (κ1) is 31.1. The monoisotopic (exact) mass is 580 g/mol. The number of hydrogen-bond donors (Lipinski definition) is 3. The van der Waals surface area contributed by atoms with Crippen molar-refractivity contribution in [3.8, 4) is 0 Å². The lowest BCUT2D eigenvalue weighted by Crippen LogP contribution is -2.73. The van der Waals surface area contributed by atoms with E-state index in [0.29, 0.717) is 19.5 Å². The lowest BCUT2D eigenvalue weighted by atomic mass is 9.57. The molecule has 0 aliphatic carbocycles. The average Bonchev–Trinajstić information content (AvgIpc) is 3.38. The number of carbonyl (C=O) groups excluding carboxylic acids is 4. The van der Waals surface area contributed by atoms with E-state index in [2.05, 4.69) is 20.6 Å². The van der Waals surface area contributed by atoms with Gasteiger partial charge in [-0.25, -0.2) is 4.98 Å². The van der Waals surface area contributed by atoms with Crippen LogP contribution >= 0.6 is 0 Å². The summed E-state index contributed by atoms with van der Waals surface area (Å²) in [5.41, 5.74) is 6.55. The van der Waals surface area contributed by atoms with Crippen molar-refractivity contribution in [2.45, 2.75) is 64.4 Å². The number of hydrogen-bond acceptors (Lipinski definition) is 9. The molecule has 13 heteroatoms. The number of nitrogens with zero attached hydrogens (tertiary/aromatic N) is 3. The fraction of sp³-hybridized carbons (Fsp3) is 0.517. The van der Waals surface area contributed by atoms with Crippen molar-refractivity contribution in [3.63, 3.8) is 0 Å². The van der Waals surface area contributed by atoms with Gasteiger partial charge >= 0.3 is 18.6 Å². The number of fused-ring (bicyclic) bond motifs is 1. The topological polar surface area (TPSA) is 163 Å². The van der Waals surface area contributed by atoms with Crippen molar-refractivity contribution in [1.29, 1.82) is 0 Å². The largest absolute Gasteiger partial charge is 0.605 e. The highest BCUT2D eigenvalue weighted by Gasteiger charge is 2.70. The summed E-state index contributed by atoms with van der Waals surface area (Å²) in [6, 6.07) is 8.32. The predicted molar refractivity (Wildman–Crippen MR) is 155 cm³/mol. The number of quaternary nitrogens is 1. The van der Waals surface area contributed by atoms with Crippen LogP contribution in [0.1, 0.15) is 62.0 Å². The number of benzene rings is 1. The summed E-state index contributed by atoms with van der Waals surface area (Å²) in [7, 11) is 0. The van der Waals surface area contributed by atoms with Gasteiger partial charge in [0.2, 0.25) is 5.91 Å². The second-order valence-corrected chi connectivity index (χ2v) is 11.7. The van der Waals surface area contributed by atoms with Crippen LogP contribution in [0.4, 0.5) is 0 Å². The summed E-state index contributed by atoms with van der Waals surface area (Å²) in [5, 5.41) is 5.85. The van der Waals surface area contributed by atoms with Gasteiger partial charge in [-0.05, 0) is 43.7 Å². The minimum absolute atomic E-state index is 0.00392. The molecule has 226 valence electrons. The Bertz CT molecular complexity index is 1230. The molecule has 0 bridgehead atoms. The van der Waals surface area contributed by atoms with Crippen molar-refractivity contribution < 1.29 is 32.9 Å². The van der Waals surface area contributed by atoms with Gasteiger partial charge in [0.15, 0.2) is 0 Å². The van der Waals surface area contributed by atoms with E-state index in [0.717, 1.165) is 31.2 Å². The van der Waals surface area contributed by atoms with Crippen LogP contribution in [0.3, 0.4) is 0 Å². The third-order valence-corrected chi connectivity index (χ3v) is 8.07. The molecule has 0 saturated carbocycles. The van der Waals surface area contributed by atoms with E-state index in [9.17, 15) is 19.2 Å². The van der Waals surface area contributed by atoms with E-state index in [4.69, 9.17) is 15.0 Å². The lowest BCUT2D eigenvalue weighted by molar-refractivity contribution is -0.816. The molecule has 1 aromatic heterocycles. The smallest absolute Gasteiger partial charge is 0.599 e. The van der Waals surface area contributed by atoms with Gasteiger partial charge in [-0.1, -0.05) is 50.6 Å². The standard InChI is InChI=1S/C29H41BN6O6/c1-21(2)16-25(30-36(19-26(37)41-30,20-27(38)42-30)15-9-4-3-8-12-31)35-28(39)23(17-22-10-6-5-7-11-22)34-29(40)24-18-32-13-14-33-24/h5-7,10-11,13-14,18,21,23,25H,3-4,8-9,12,15-17,19-20,31H2,1-2H3,(H,34,40)(H,35,39)/t23-,25-,30?,36?/m0/s1. The van der Waals surface area contributed by atoms with Crippen molar-refractivity contribution in [1.82, 2.24) is 20.6 Å². The van der Waals surface area contributed by atoms with Crippen LogP contribution in [0.5, 0.6) is 0 Å². The van der Waals surface area contributed by atoms with E-state index in [-0.39, 0.29) is 35.5 Å². The maximum absolute atomic E-state index is 14.0. The number of nitrogens with one attached hydrogen (secondary N) is 2. The van der Waals surface area contributed by atoms with Gasteiger partial charge in [-0.3, -0.25) is 24.2 Å². The van der Waals surface area contributed by atoms with Crippen LogP contribution in [0.15, 0.2) is 48.9 Å². The number of unbranched alkanes of at least 4 members (excludes halogenated alkanes) is 3. The van der Waals surface area contributed by atoms with Crippen LogP contribution < -0.4 is 16.4 Å². The van der Waals surface area contributed by atoms with Crippen molar-refractivity contribution in [2.75, 3.05) is 26.2 Å². The first-order valence-corrected chi connectivity index (χ1v) is 14.7. The summed E-state index contributed by atoms with van der Waals surface area (Å²) in [4.78, 5) is 60.7. The normalized spacial score (nSPS) is 22.7. The molecule has 4 N–H and O–H groups in total. The minimum Gasteiger partial charge on any atom is -0.599 e. The van der Waals surface area contributed by atoms with Crippen LogP contribution in [0.2, 0.25) is 0 Å². The number of amides is 2. The zero-order valence-corrected chi connectivity index (χ0v) is 24.4. The molecule has 4 rings (SSSR count). The Morgan fingerprint density at radius 1 is 1.00 bits per heavy atom. The van der Waals surface area contributed by atoms with Gasteiger partial charge in [0.05, 0.1) is 12.1 Å². The molecule has 2 saturated heterocycles. The highest BCUT2D eigenvalue weighted by Crippen LogP contribution is 2.40. The van der Waals surface area contributed by atoms with Crippen LogP contribution in [0, 0.1) is 5.92 Å². The molecular weight excluding hydrogens is 539 g/mol. The van der Waals surface area contributed by atoms with E-state index in [1.807, 2.05) is 44.2 Å². The summed E-state index contributed by atoms with van der Waals surface area (Å²) >= 11 is 0. The molecule has 42 heavy (non-hydrogen) atoms.